The van der Waals surface area contributed by atoms with Crippen LogP contribution in [0.3, 0.4) is 0 Å². The van der Waals surface area contributed by atoms with E-state index in [-0.39, 0.29) is 0 Å². The van der Waals surface area contributed by atoms with E-state index in [4.69, 9.17) is 0 Å². The molecule has 0 aliphatic rings. The maximum Gasteiger partial charge on any atom is 0.105 e. The molecule has 0 heterocycles. The van der Waals surface area contributed by atoms with Crippen LogP contribution in [0.1, 0.15) is 19.8 Å². The van der Waals surface area contributed by atoms with Gasteiger partial charge in [-0.2, -0.15) is 5.48 Å². The van der Waals surface area contributed by atoms with E-state index in [0.717, 1.165) is 12.8 Å². The lowest BCUT2D eigenvalue weighted by Crippen LogP contribution is -2.16. The van der Waals surface area contributed by atoms with Gasteiger partial charge in [-0.15, -0.1) is 0 Å². The van der Waals surface area contributed by atoms with Gasteiger partial charge in [0.1, 0.15) is 11.4 Å². The molecule has 56 valence electrons. The second-order valence-corrected chi connectivity index (χ2v) is 2.11. The standard InChI is InChI=1S/C4H11NO3S/c1-2-3-4-5-8-9(6)7/h5H,2-4H2,1H3,(H,6,7)/p-1. The van der Waals surface area contributed by atoms with Crippen LogP contribution in [0.2, 0.25) is 0 Å². The van der Waals surface area contributed by atoms with Crippen molar-refractivity contribution in [3.8, 4) is 0 Å². The summed E-state index contributed by atoms with van der Waals surface area (Å²) >= 11 is -2.43. The van der Waals surface area contributed by atoms with Gasteiger partial charge in [0.05, 0.1) is 0 Å². The van der Waals surface area contributed by atoms with Gasteiger partial charge in [0, 0.05) is 6.54 Å². The van der Waals surface area contributed by atoms with Crippen LogP contribution < -0.4 is 5.48 Å². The summed E-state index contributed by atoms with van der Waals surface area (Å²) in [5, 5.41) is 0. The van der Waals surface area contributed by atoms with Crippen LogP contribution in [0, 0.1) is 0 Å². The summed E-state index contributed by atoms with van der Waals surface area (Å²) in [7, 11) is 0. The van der Waals surface area contributed by atoms with Crippen molar-refractivity contribution in [3.05, 3.63) is 0 Å². The van der Waals surface area contributed by atoms with E-state index in [2.05, 4.69) is 9.76 Å². The molecule has 0 bridgehead atoms. The van der Waals surface area contributed by atoms with Gasteiger partial charge in [-0.1, -0.05) is 13.3 Å². The highest BCUT2D eigenvalue weighted by molar-refractivity contribution is 7.74. The van der Waals surface area contributed by atoms with Gasteiger partial charge in [0.15, 0.2) is 0 Å². The van der Waals surface area contributed by atoms with Crippen molar-refractivity contribution in [1.29, 1.82) is 0 Å². The van der Waals surface area contributed by atoms with Crippen LogP contribution in [-0.2, 0) is 15.6 Å². The maximum atomic E-state index is 9.68. The van der Waals surface area contributed by atoms with Crippen LogP contribution in [-0.4, -0.2) is 15.3 Å². The van der Waals surface area contributed by atoms with E-state index in [0.29, 0.717) is 6.54 Å². The molecule has 0 saturated carbocycles. The maximum absolute atomic E-state index is 9.68. The first-order valence-electron chi connectivity index (χ1n) is 2.76. The topological polar surface area (TPSA) is 61.4 Å². The summed E-state index contributed by atoms with van der Waals surface area (Å²) in [6.45, 7) is 2.58. The van der Waals surface area contributed by atoms with Crippen molar-refractivity contribution in [1.82, 2.24) is 5.48 Å². The zero-order valence-electron chi connectivity index (χ0n) is 5.25. The van der Waals surface area contributed by atoms with Gasteiger partial charge in [-0.25, -0.2) is 8.49 Å². The van der Waals surface area contributed by atoms with Crippen LogP contribution in [0.15, 0.2) is 0 Å². The van der Waals surface area contributed by atoms with Gasteiger partial charge < -0.3 is 4.55 Å². The molecule has 0 fully saturated rings. The number of hydroxylamine groups is 1. The van der Waals surface area contributed by atoms with Gasteiger partial charge >= 0.3 is 0 Å². The predicted octanol–water partition coefficient (Wildman–Crippen LogP) is 0.102. The van der Waals surface area contributed by atoms with E-state index < -0.39 is 11.4 Å². The molecule has 0 aliphatic carbocycles. The first-order chi connectivity index (χ1) is 4.27. The molecule has 4 nitrogen and oxygen atoms in total. The van der Waals surface area contributed by atoms with Crippen molar-refractivity contribution in [3.63, 3.8) is 0 Å². The summed E-state index contributed by atoms with van der Waals surface area (Å²) < 4.78 is 23.4. The highest BCUT2D eigenvalue weighted by atomic mass is 32.2. The van der Waals surface area contributed by atoms with E-state index in [1.54, 1.807) is 0 Å². The Bertz CT molecular complexity index is 87.9. The van der Waals surface area contributed by atoms with Crippen molar-refractivity contribution in [2.24, 2.45) is 0 Å². The Labute approximate surface area is 57.0 Å². The Morgan fingerprint density at radius 2 is 2.44 bits per heavy atom. The minimum Gasteiger partial charge on any atom is -0.748 e. The second-order valence-electron chi connectivity index (χ2n) is 1.54. The summed E-state index contributed by atoms with van der Waals surface area (Å²) in [6.07, 6.45) is 1.93. The van der Waals surface area contributed by atoms with E-state index >= 15 is 0 Å². The van der Waals surface area contributed by atoms with Crippen molar-refractivity contribution in [2.75, 3.05) is 6.54 Å². The normalized spacial score (nSPS) is 13.6. The molecule has 1 unspecified atom stereocenters. The number of unbranched alkanes of at least 4 members (excludes halogenated alkanes) is 1. The fourth-order valence-corrected chi connectivity index (χ4v) is 0.518. The van der Waals surface area contributed by atoms with Crippen molar-refractivity contribution < 1.29 is 13.0 Å². The number of hydrogen-bond acceptors (Lipinski definition) is 4. The van der Waals surface area contributed by atoms with Crippen LogP contribution in [0.4, 0.5) is 0 Å². The number of rotatable bonds is 5. The molecule has 0 saturated heterocycles. The van der Waals surface area contributed by atoms with Gasteiger partial charge in [0.25, 0.3) is 0 Å². The predicted molar refractivity (Wildman–Crippen MR) is 32.9 cm³/mol. The molecule has 0 amide bonds. The summed E-state index contributed by atoms with van der Waals surface area (Å²) in [5.41, 5.74) is 2.27. The first kappa shape index (κ1) is 9.03. The SMILES string of the molecule is CCCCNOS(=O)[O-]. The van der Waals surface area contributed by atoms with Crippen molar-refractivity contribution in [2.45, 2.75) is 19.8 Å². The minimum absolute atomic E-state index is 0.574. The Balaban J connectivity index is 2.83. The molecule has 5 heteroatoms. The third-order valence-electron chi connectivity index (χ3n) is 0.759. The zero-order valence-corrected chi connectivity index (χ0v) is 6.07. The largest absolute Gasteiger partial charge is 0.748 e. The lowest BCUT2D eigenvalue weighted by Gasteiger charge is -2.04. The molecular formula is C4H10NO3S-. The van der Waals surface area contributed by atoms with Gasteiger partial charge in [0.2, 0.25) is 0 Å². The van der Waals surface area contributed by atoms with Gasteiger partial charge in [-0.3, -0.25) is 0 Å². The average Bonchev–Trinajstić information content (AvgIpc) is 1.80. The Hall–Kier alpha value is 0.0300. The summed E-state index contributed by atoms with van der Waals surface area (Å²) in [5.74, 6) is 0. The lowest BCUT2D eigenvalue weighted by molar-refractivity contribution is 0.193. The van der Waals surface area contributed by atoms with Crippen LogP contribution in [0.5, 0.6) is 0 Å². The highest BCUT2D eigenvalue weighted by Gasteiger charge is 1.83. The monoisotopic (exact) mass is 152 g/mol. The molecule has 0 aliphatic heterocycles. The van der Waals surface area contributed by atoms with Crippen molar-refractivity contribution >= 4 is 11.4 Å². The van der Waals surface area contributed by atoms with Crippen LogP contribution in [0.25, 0.3) is 0 Å². The second kappa shape index (κ2) is 6.15. The summed E-state index contributed by atoms with van der Waals surface area (Å²) in [6, 6.07) is 0. The summed E-state index contributed by atoms with van der Waals surface area (Å²) in [4.78, 5) is 0. The first-order valence-corrected chi connectivity index (χ1v) is 3.76. The third-order valence-corrected chi connectivity index (χ3v) is 1.01. The fourth-order valence-electron chi connectivity index (χ4n) is 0.339. The van der Waals surface area contributed by atoms with E-state index in [1.807, 2.05) is 6.92 Å². The molecule has 0 aromatic carbocycles. The smallest absolute Gasteiger partial charge is 0.105 e. The molecule has 1 N–H and O–H groups in total. The lowest BCUT2D eigenvalue weighted by atomic mass is 10.3. The molecule has 9 heavy (non-hydrogen) atoms. The molecule has 0 aromatic rings. The molecule has 0 spiro atoms. The quantitative estimate of drug-likeness (QED) is 0.345. The number of hydrogen-bond donors (Lipinski definition) is 1. The number of nitrogens with one attached hydrogen (secondary N) is 1. The minimum atomic E-state index is -2.43. The van der Waals surface area contributed by atoms with Crippen LogP contribution >= 0.6 is 0 Å². The average molecular weight is 152 g/mol. The Kier molecular flexibility index (Phi) is 6.18. The highest BCUT2D eigenvalue weighted by Crippen LogP contribution is 1.82. The molecule has 0 rings (SSSR count). The zero-order chi connectivity index (χ0) is 7.11. The third kappa shape index (κ3) is 8.03. The Morgan fingerprint density at radius 3 is 2.89 bits per heavy atom. The molecule has 1 atom stereocenters. The van der Waals surface area contributed by atoms with E-state index in [1.165, 1.54) is 0 Å². The van der Waals surface area contributed by atoms with E-state index in [9.17, 15) is 8.76 Å². The molecule has 0 aromatic heterocycles. The Morgan fingerprint density at radius 1 is 1.78 bits per heavy atom. The van der Waals surface area contributed by atoms with Gasteiger partial charge in [-0.05, 0) is 6.42 Å². The fraction of sp³-hybridized carbons (Fsp3) is 1.00. The molecular weight excluding hydrogens is 142 g/mol. The molecule has 0 radical (unpaired) electrons.